The summed E-state index contributed by atoms with van der Waals surface area (Å²) in [4.78, 5) is 64.7. The molecule has 1 aromatic heterocycles. The average Bonchev–Trinajstić information content (AvgIpc) is 3.53. The molecule has 0 saturated carbocycles. The van der Waals surface area contributed by atoms with Crippen molar-refractivity contribution >= 4 is 46.7 Å². The molecule has 0 bridgehead atoms. The number of rotatable bonds is 11. The van der Waals surface area contributed by atoms with Crippen LogP contribution < -0.4 is 16.0 Å². The zero-order valence-electron chi connectivity index (χ0n) is 24.6. The van der Waals surface area contributed by atoms with Crippen LogP contribution in [0.3, 0.4) is 0 Å². The minimum Gasteiger partial charge on any atom is -0.391 e. The highest BCUT2D eigenvalue weighted by Crippen LogP contribution is 2.31. The molecule has 1 saturated heterocycles. The van der Waals surface area contributed by atoms with Crippen molar-refractivity contribution in [2.75, 3.05) is 7.05 Å². The van der Waals surface area contributed by atoms with Gasteiger partial charge >= 0.3 is 0 Å². The fourth-order valence-electron chi connectivity index (χ4n) is 4.27. The number of aromatic nitrogens is 1. The maximum Gasteiger partial charge on any atom is 0.293 e. The SMILES string of the molecule is Cc1ccc(CNC(=O)[C@H](Cc2ccc(/C=C3/SC(=O)N(C)C3=O)cc2)NC(=O)[C@@H](NC(=O)c2cc(C)on2)[C@@H](C)O)cc1. The van der Waals surface area contributed by atoms with Crippen LogP contribution in [-0.2, 0) is 27.3 Å². The molecule has 1 fully saturated rings. The molecule has 4 rings (SSSR count). The fraction of sp³-hybridized carbons (Fsp3) is 0.290. The van der Waals surface area contributed by atoms with Gasteiger partial charge in [0, 0.05) is 26.1 Å². The molecule has 4 N–H and O–H groups in total. The Kier molecular flexibility index (Phi) is 10.3. The van der Waals surface area contributed by atoms with Crippen molar-refractivity contribution in [1.82, 2.24) is 26.0 Å². The molecule has 2 heterocycles. The molecule has 230 valence electrons. The Morgan fingerprint density at radius 2 is 1.66 bits per heavy atom. The number of nitrogens with zero attached hydrogens (tertiary/aromatic N) is 2. The quantitative estimate of drug-likeness (QED) is 0.235. The Hall–Kier alpha value is -4.75. The summed E-state index contributed by atoms with van der Waals surface area (Å²) in [5.74, 6) is -1.94. The van der Waals surface area contributed by atoms with Crippen molar-refractivity contribution in [2.45, 2.75) is 51.9 Å². The first-order valence-electron chi connectivity index (χ1n) is 13.8. The highest BCUT2D eigenvalue weighted by molar-refractivity contribution is 8.18. The molecule has 2 aromatic carbocycles. The summed E-state index contributed by atoms with van der Waals surface area (Å²) in [6.45, 7) is 5.13. The average molecular weight is 620 g/mol. The highest BCUT2D eigenvalue weighted by Gasteiger charge is 2.32. The van der Waals surface area contributed by atoms with E-state index in [4.69, 9.17) is 4.52 Å². The normalized spacial score (nSPS) is 16.0. The van der Waals surface area contributed by atoms with Gasteiger partial charge in [-0.25, -0.2) is 0 Å². The number of aliphatic hydroxyl groups excluding tert-OH is 1. The molecule has 0 aliphatic carbocycles. The predicted octanol–water partition coefficient (Wildman–Crippen LogP) is 2.48. The lowest BCUT2D eigenvalue weighted by Gasteiger charge is -2.24. The number of nitrogens with one attached hydrogen (secondary N) is 3. The number of aryl methyl sites for hydroxylation is 2. The third-order valence-corrected chi connectivity index (χ3v) is 7.80. The van der Waals surface area contributed by atoms with E-state index in [1.165, 1.54) is 20.0 Å². The number of thioether (sulfide) groups is 1. The number of likely N-dealkylation sites (N-methyl/N-ethyl adjacent to an activating group) is 1. The van der Waals surface area contributed by atoms with E-state index in [9.17, 15) is 29.1 Å². The first kappa shape index (κ1) is 32.2. The second-order valence-corrected chi connectivity index (χ2v) is 11.5. The van der Waals surface area contributed by atoms with E-state index < -0.39 is 35.9 Å². The number of imide groups is 1. The molecule has 44 heavy (non-hydrogen) atoms. The monoisotopic (exact) mass is 619 g/mol. The van der Waals surface area contributed by atoms with Gasteiger partial charge in [-0.2, -0.15) is 0 Å². The Morgan fingerprint density at radius 1 is 1.00 bits per heavy atom. The van der Waals surface area contributed by atoms with Gasteiger partial charge in [0.25, 0.3) is 17.1 Å². The summed E-state index contributed by atoms with van der Waals surface area (Å²) >= 11 is 0.854. The fourth-order valence-corrected chi connectivity index (χ4v) is 5.09. The molecule has 3 atom stereocenters. The lowest BCUT2D eigenvalue weighted by molar-refractivity contribution is -0.131. The molecule has 0 unspecified atom stereocenters. The van der Waals surface area contributed by atoms with E-state index in [0.717, 1.165) is 27.8 Å². The van der Waals surface area contributed by atoms with Crippen molar-refractivity contribution in [2.24, 2.45) is 0 Å². The van der Waals surface area contributed by atoms with Gasteiger partial charge in [0.05, 0.1) is 11.0 Å². The van der Waals surface area contributed by atoms with E-state index in [1.54, 1.807) is 37.3 Å². The summed E-state index contributed by atoms with van der Waals surface area (Å²) in [7, 11) is 1.42. The summed E-state index contributed by atoms with van der Waals surface area (Å²) < 4.78 is 4.92. The van der Waals surface area contributed by atoms with Gasteiger partial charge in [-0.1, -0.05) is 59.3 Å². The largest absolute Gasteiger partial charge is 0.391 e. The number of carbonyl (C=O) groups is 5. The second-order valence-electron chi connectivity index (χ2n) is 10.5. The van der Waals surface area contributed by atoms with Crippen LogP contribution in [0.4, 0.5) is 4.79 Å². The zero-order chi connectivity index (χ0) is 32.0. The van der Waals surface area contributed by atoms with Gasteiger partial charge in [-0.05, 0) is 55.3 Å². The first-order valence-corrected chi connectivity index (χ1v) is 14.6. The van der Waals surface area contributed by atoms with Crippen LogP contribution in [0.1, 0.15) is 45.4 Å². The number of benzene rings is 2. The van der Waals surface area contributed by atoms with Gasteiger partial charge in [-0.15, -0.1) is 0 Å². The molecule has 12 nitrogen and oxygen atoms in total. The minimum absolute atomic E-state index is 0.0582. The molecule has 5 amide bonds. The Bertz CT molecular complexity index is 1580. The lowest BCUT2D eigenvalue weighted by atomic mass is 10.0. The van der Waals surface area contributed by atoms with Gasteiger partial charge < -0.3 is 25.6 Å². The predicted molar refractivity (Wildman–Crippen MR) is 163 cm³/mol. The maximum atomic E-state index is 13.4. The van der Waals surface area contributed by atoms with E-state index >= 15 is 0 Å². The summed E-state index contributed by atoms with van der Waals surface area (Å²) in [5.41, 5.74) is 3.25. The van der Waals surface area contributed by atoms with E-state index in [-0.39, 0.29) is 29.8 Å². The summed E-state index contributed by atoms with van der Waals surface area (Å²) in [6, 6.07) is 13.5. The topological polar surface area (TPSA) is 171 Å². The lowest BCUT2D eigenvalue weighted by Crippen LogP contribution is -2.57. The number of hydrogen-bond acceptors (Lipinski definition) is 9. The van der Waals surface area contributed by atoms with Crippen LogP contribution in [0.25, 0.3) is 6.08 Å². The Morgan fingerprint density at radius 3 is 2.23 bits per heavy atom. The summed E-state index contributed by atoms with van der Waals surface area (Å²) in [5, 5.41) is 21.6. The molecular formula is C31H33N5O7S. The van der Waals surface area contributed by atoms with Crippen molar-refractivity contribution in [3.05, 3.63) is 93.2 Å². The second kappa shape index (κ2) is 14.1. The van der Waals surface area contributed by atoms with Crippen molar-refractivity contribution in [1.29, 1.82) is 0 Å². The number of carbonyl (C=O) groups excluding carboxylic acids is 5. The van der Waals surface area contributed by atoms with Gasteiger partial charge in [0.1, 0.15) is 17.8 Å². The zero-order valence-corrected chi connectivity index (χ0v) is 25.4. The molecule has 0 spiro atoms. The van der Waals surface area contributed by atoms with Gasteiger partial charge in [0.15, 0.2) is 5.69 Å². The van der Waals surface area contributed by atoms with Crippen molar-refractivity contribution < 1.29 is 33.6 Å². The molecule has 1 aliphatic heterocycles. The van der Waals surface area contributed by atoms with Crippen LogP contribution in [0.2, 0.25) is 0 Å². The van der Waals surface area contributed by atoms with Crippen LogP contribution in [0.15, 0.2) is 64.0 Å². The first-order chi connectivity index (χ1) is 20.9. The molecule has 13 heteroatoms. The van der Waals surface area contributed by atoms with Gasteiger partial charge in [-0.3, -0.25) is 28.9 Å². The Balaban J connectivity index is 1.50. The van der Waals surface area contributed by atoms with Crippen LogP contribution in [-0.4, -0.2) is 69.3 Å². The van der Waals surface area contributed by atoms with E-state index in [2.05, 4.69) is 21.1 Å². The third-order valence-electron chi connectivity index (χ3n) is 6.84. The van der Waals surface area contributed by atoms with Crippen LogP contribution in [0.5, 0.6) is 0 Å². The minimum atomic E-state index is -1.39. The van der Waals surface area contributed by atoms with E-state index in [1.807, 2.05) is 31.2 Å². The molecule has 3 aromatic rings. The number of aliphatic hydroxyl groups is 1. The standard InChI is InChI=1S/C31H33N5O7S/c1-17-5-7-22(8-6-17)16-32-27(38)23(33-29(40)26(19(3)37)34-28(39)24-13-18(2)43-35-24)14-20-9-11-21(12-10-20)15-25-30(41)36(4)31(42)44-25/h5-13,15,19,23,26,37H,14,16H2,1-4H3,(H,32,38)(H,33,40)(H,34,39)/b25-15+/t19-,23+,26+/m1/s1. The van der Waals surface area contributed by atoms with Gasteiger partial charge in [0.2, 0.25) is 11.8 Å². The molecule has 1 aliphatic rings. The van der Waals surface area contributed by atoms with Crippen LogP contribution in [0, 0.1) is 13.8 Å². The van der Waals surface area contributed by atoms with Crippen LogP contribution >= 0.6 is 11.8 Å². The number of amides is 5. The highest BCUT2D eigenvalue weighted by atomic mass is 32.2. The van der Waals surface area contributed by atoms with Crippen molar-refractivity contribution in [3.63, 3.8) is 0 Å². The third kappa shape index (κ3) is 8.20. The van der Waals surface area contributed by atoms with E-state index in [0.29, 0.717) is 21.8 Å². The summed E-state index contributed by atoms with van der Waals surface area (Å²) in [6.07, 6.45) is 0.399. The number of hydrogen-bond donors (Lipinski definition) is 4. The Labute approximate surface area is 258 Å². The smallest absolute Gasteiger partial charge is 0.293 e. The van der Waals surface area contributed by atoms with Crippen molar-refractivity contribution in [3.8, 4) is 0 Å². The molecular weight excluding hydrogens is 586 g/mol. The molecule has 0 radical (unpaired) electrons. The maximum absolute atomic E-state index is 13.4.